The Hall–Kier alpha value is -2.47. The van der Waals surface area contributed by atoms with Crippen LogP contribution >= 0.6 is 11.3 Å². The van der Waals surface area contributed by atoms with E-state index in [1.807, 2.05) is 17.0 Å². The molecule has 0 unspecified atom stereocenters. The highest BCUT2D eigenvalue weighted by Gasteiger charge is 2.26. The Bertz CT molecular complexity index is 1100. The molecule has 1 aromatic carbocycles. The number of aromatic nitrogens is 2. The van der Waals surface area contributed by atoms with Gasteiger partial charge in [-0.3, -0.25) is 4.79 Å². The second kappa shape index (κ2) is 8.23. The molecule has 3 aromatic rings. The van der Waals surface area contributed by atoms with Gasteiger partial charge in [0.05, 0.1) is 5.39 Å². The zero-order valence-corrected chi connectivity index (χ0v) is 20.3. The first-order chi connectivity index (χ1) is 14.7. The van der Waals surface area contributed by atoms with Gasteiger partial charge < -0.3 is 9.80 Å². The van der Waals surface area contributed by atoms with Crippen LogP contribution in [0.15, 0.2) is 24.3 Å². The van der Waals surface area contributed by atoms with Gasteiger partial charge in [-0.1, -0.05) is 39.8 Å². The summed E-state index contributed by atoms with van der Waals surface area (Å²) >= 11 is 1.75. The van der Waals surface area contributed by atoms with Crippen LogP contribution in [0.1, 0.15) is 59.9 Å². The van der Waals surface area contributed by atoms with Crippen molar-refractivity contribution in [2.24, 2.45) is 0 Å². The molecule has 1 fully saturated rings. The maximum atomic E-state index is 13.1. The van der Waals surface area contributed by atoms with Crippen LogP contribution in [0.25, 0.3) is 10.2 Å². The van der Waals surface area contributed by atoms with E-state index in [9.17, 15) is 4.79 Å². The van der Waals surface area contributed by atoms with Gasteiger partial charge in [0.1, 0.15) is 16.5 Å². The van der Waals surface area contributed by atoms with Crippen molar-refractivity contribution in [1.29, 1.82) is 0 Å². The van der Waals surface area contributed by atoms with Crippen LogP contribution in [-0.2, 0) is 11.8 Å². The second-order valence-corrected chi connectivity index (χ2v) is 10.6. The average molecular weight is 437 g/mol. The average Bonchev–Trinajstić information content (AvgIpc) is 3.05. The minimum absolute atomic E-state index is 0.0889. The van der Waals surface area contributed by atoms with Gasteiger partial charge in [0.25, 0.3) is 5.91 Å². The molecule has 1 aliphatic heterocycles. The van der Waals surface area contributed by atoms with E-state index in [2.05, 4.69) is 58.6 Å². The van der Waals surface area contributed by atoms with Crippen LogP contribution in [0.4, 0.5) is 5.82 Å². The highest BCUT2D eigenvalue weighted by atomic mass is 32.1. The number of thiophene rings is 1. The molecule has 1 amide bonds. The quantitative estimate of drug-likeness (QED) is 0.571. The van der Waals surface area contributed by atoms with Gasteiger partial charge in [0.2, 0.25) is 0 Å². The molecule has 0 spiro atoms. The Labute approximate surface area is 189 Å². The first-order valence-corrected chi connectivity index (χ1v) is 11.9. The number of hydrogen-bond acceptors (Lipinski definition) is 5. The molecule has 1 aliphatic rings. The standard InChI is InChI=1S/C25H32N4OS/c1-7-20-26-22(21-16(2)17(3)31-23(21)27-20)28-12-14-29(15-13-28)24(30)18-8-10-19(11-9-18)25(4,5)6/h8-11H,7,12-15H2,1-6H3. The number of carbonyl (C=O) groups is 1. The molecular formula is C25H32N4OS. The lowest BCUT2D eigenvalue weighted by Crippen LogP contribution is -2.49. The fourth-order valence-corrected chi connectivity index (χ4v) is 5.12. The molecule has 4 rings (SSSR count). The molecule has 0 saturated carbocycles. The van der Waals surface area contributed by atoms with E-state index < -0.39 is 0 Å². The summed E-state index contributed by atoms with van der Waals surface area (Å²) < 4.78 is 0. The largest absolute Gasteiger partial charge is 0.352 e. The van der Waals surface area contributed by atoms with Crippen LogP contribution in [0.3, 0.4) is 0 Å². The van der Waals surface area contributed by atoms with Gasteiger partial charge in [-0.15, -0.1) is 11.3 Å². The van der Waals surface area contributed by atoms with Crippen LogP contribution in [0.5, 0.6) is 0 Å². The summed E-state index contributed by atoms with van der Waals surface area (Å²) in [5.41, 5.74) is 3.37. The Morgan fingerprint density at radius 1 is 1.03 bits per heavy atom. The van der Waals surface area contributed by atoms with Crippen LogP contribution in [-0.4, -0.2) is 47.0 Å². The Balaban J connectivity index is 1.52. The zero-order valence-electron chi connectivity index (χ0n) is 19.5. The number of benzene rings is 1. The van der Waals surface area contributed by atoms with Crippen LogP contribution in [0, 0.1) is 13.8 Å². The summed E-state index contributed by atoms with van der Waals surface area (Å²) in [6, 6.07) is 8.09. The SMILES string of the molecule is CCc1nc(N2CCN(C(=O)c3ccc(C(C)(C)C)cc3)CC2)c2c(C)c(C)sc2n1. The minimum Gasteiger partial charge on any atom is -0.352 e. The topological polar surface area (TPSA) is 49.3 Å². The van der Waals surface area contributed by atoms with E-state index in [0.717, 1.165) is 41.5 Å². The normalized spacial score (nSPS) is 15.0. The Morgan fingerprint density at radius 3 is 2.26 bits per heavy atom. The van der Waals surface area contributed by atoms with Crippen molar-refractivity contribution < 1.29 is 4.79 Å². The zero-order chi connectivity index (χ0) is 22.3. The second-order valence-electron chi connectivity index (χ2n) is 9.39. The summed E-state index contributed by atoms with van der Waals surface area (Å²) in [5, 5.41) is 1.18. The van der Waals surface area contributed by atoms with Crippen molar-refractivity contribution in [3.8, 4) is 0 Å². The maximum absolute atomic E-state index is 13.1. The van der Waals surface area contributed by atoms with Crippen molar-refractivity contribution in [3.63, 3.8) is 0 Å². The third-order valence-electron chi connectivity index (χ3n) is 6.24. The van der Waals surface area contributed by atoms with Gasteiger partial charge in [-0.2, -0.15) is 0 Å². The van der Waals surface area contributed by atoms with Gasteiger partial charge >= 0.3 is 0 Å². The molecule has 31 heavy (non-hydrogen) atoms. The number of carbonyl (C=O) groups excluding carboxylic acids is 1. The molecular weight excluding hydrogens is 404 g/mol. The Morgan fingerprint density at radius 2 is 1.68 bits per heavy atom. The lowest BCUT2D eigenvalue weighted by Gasteiger charge is -2.36. The van der Waals surface area contributed by atoms with E-state index in [0.29, 0.717) is 13.1 Å². The van der Waals surface area contributed by atoms with Crippen molar-refractivity contribution in [1.82, 2.24) is 14.9 Å². The number of hydrogen-bond donors (Lipinski definition) is 0. The lowest BCUT2D eigenvalue weighted by molar-refractivity contribution is 0.0746. The molecule has 5 nitrogen and oxygen atoms in total. The maximum Gasteiger partial charge on any atom is 0.253 e. The molecule has 0 atom stereocenters. The summed E-state index contributed by atoms with van der Waals surface area (Å²) in [4.78, 5) is 29.4. The fourth-order valence-electron chi connectivity index (χ4n) is 4.08. The van der Waals surface area contributed by atoms with Crippen molar-refractivity contribution in [2.75, 3.05) is 31.1 Å². The van der Waals surface area contributed by atoms with E-state index >= 15 is 0 Å². The smallest absolute Gasteiger partial charge is 0.253 e. The van der Waals surface area contributed by atoms with Gasteiger partial charge in [-0.25, -0.2) is 9.97 Å². The Kier molecular flexibility index (Phi) is 5.77. The summed E-state index contributed by atoms with van der Waals surface area (Å²) in [5.74, 6) is 2.04. The fraction of sp³-hybridized carbons (Fsp3) is 0.480. The van der Waals surface area contributed by atoms with Crippen molar-refractivity contribution in [2.45, 2.75) is 53.4 Å². The molecule has 0 bridgehead atoms. The van der Waals surface area contributed by atoms with E-state index in [-0.39, 0.29) is 11.3 Å². The number of rotatable bonds is 3. The summed E-state index contributed by atoms with van der Waals surface area (Å²) in [7, 11) is 0. The molecule has 1 saturated heterocycles. The van der Waals surface area contributed by atoms with Crippen LogP contribution in [0.2, 0.25) is 0 Å². The van der Waals surface area contributed by atoms with Gasteiger partial charge in [0.15, 0.2) is 0 Å². The number of piperazine rings is 1. The predicted octanol–water partition coefficient (Wildman–Crippen LogP) is 5.13. The number of amides is 1. The third-order valence-corrected chi connectivity index (χ3v) is 7.34. The van der Waals surface area contributed by atoms with Crippen molar-refractivity contribution in [3.05, 3.63) is 51.7 Å². The molecule has 0 N–H and O–H groups in total. The van der Waals surface area contributed by atoms with E-state index in [1.165, 1.54) is 21.4 Å². The summed E-state index contributed by atoms with van der Waals surface area (Å²) in [6.45, 7) is 16.0. The number of nitrogens with zero attached hydrogens (tertiary/aromatic N) is 4. The van der Waals surface area contributed by atoms with E-state index in [4.69, 9.17) is 9.97 Å². The molecule has 0 aliphatic carbocycles. The van der Waals surface area contributed by atoms with Gasteiger partial charge in [-0.05, 0) is 42.5 Å². The number of anilines is 1. The van der Waals surface area contributed by atoms with Gasteiger partial charge in [0, 0.05) is 43.0 Å². The lowest BCUT2D eigenvalue weighted by atomic mass is 9.86. The predicted molar refractivity (Wildman–Crippen MR) is 130 cm³/mol. The number of aryl methyl sites for hydroxylation is 3. The molecule has 6 heteroatoms. The molecule has 164 valence electrons. The third kappa shape index (κ3) is 4.18. The molecule has 0 radical (unpaired) electrons. The highest BCUT2D eigenvalue weighted by molar-refractivity contribution is 7.18. The summed E-state index contributed by atoms with van der Waals surface area (Å²) in [6.07, 6.45) is 0.821. The van der Waals surface area contributed by atoms with Crippen LogP contribution < -0.4 is 4.90 Å². The monoisotopic (exact) mass is 436 g/mol. The van der Waals surface area contributed by atoms with E-state index in [1.54, 1.807) is 11.3 Å². The first-order valence-electron chi connectivity index (χ1n) is 11.1. The van der Waals surface area contributed by atoms with Crippen molar-refractivity contribution >= 4 is 33.3 Å². The first kappa shape index (κ1) is 21.8. The minimum atomic E-state index is 0.0889. The molecule has 2 aromatic heterocycles. The highest BCUT2D eigenvalue weighted by Crippen LogP contribution is 2.35. The molecule has 3 heterocycles. The number of fused-ring (bicyclic) bond motifs is 1.